The number of hydrogen-bond donors (Lipinski definition) is 0. The minimum atomic E-state index is -0.404. The summed E-state index contributed by atoms with van der Waals surface area (Å²) in [4.78, 5) is 18.4. The van der Waals surface area contributed by atoms with E-state index in [-0.39, 0.29) is 11.9 Å². The van der Waals surface area contributed by atoms with Crippen LogP contribution in [0, 0.1) is 13.8 Å². The van der Waals surface area contributed by atoms with Gasteiger partial charge < -0.3 is 33.3 Å². The van der Waals surface area contributed by atoms with Gasteiger partial charge in [-0.15, -0.1) is 0 Å². The summed E-state index contributed by atoms with van der Waals surface area (Å²) in [6.07, 6.45) is 2.49. The molecule has 3 aromatic rings. The van der Waals surface area contributed by atoms with Crippen LogP contribution < -0.4 is 28.4 Å². The van der Waals surface area contributed by atoms with E-state index >= 15 is 0 Å². The van der Waals surface area contributed by atoms with E-state index in [0.29, 0.717) is 47.5 Å². The lowest BCUT2D eigenvalue weighted by molar-refractivity contribution is -0.141. The third kappa shape index (κ3) is 4.81. The first-order valence-corrected chi connectivity index (χ1v) is 14.2. The van der Waals surface area contributed by atoms with Crippen LogP contribution in [0.2, 0.25) is 0 Å². The van der Waals surface area contributed by atoms with E-state index in [1.165, 1.54) is 0 Å². The second kappa shape index (κ2) is 12.1. The smallest absolute Gasteiger partial charge is 0.244 e. The molecular formula is C34H40N2O7. The summed E-state index contributed by atoms with van der Waals surface area (Å²) in [7, 11) is 11.8. The van der Waals surface area contributed by atoms with Crippen molar-refractivity contribution < 1.29 is 33.2 Å². The van der Waals surface area contributed by atoms with Gasteiger partial charge in [0.15, 0.2) is 23.0 Å². The van der Waals surface area contributed by atoms with Gasteiger partial charge in [0.05, 0.1) is 61.3 Å². The monoisotopic (exact) mass is 588 g/mol. The lowest BCUT2D eigenvalue weighted by Crippen LogP contribution is -2.58. The minimum Gasteiger partial charge on any atom is -0.496 e. The van der Waals surface area contributed by atoms with Gasteiger partial charge in [-0.3, -0.25) is 9.69 Å². The fraction of sp³-hybridized carbons (Fsp3) is 0.382. The Morgan fingerprint density at radius 1 is 0.791 bits per heavy atom. The van der Waals surface area contributed by atoms with Crippen molar-refractivity contribution >= 4 is 12.0 Å². The summed E-state index contributed by atoms with van der Waals surface area (Å²) in [5.41, 5.74) is 6.02. The Morgan fingerprint density at radius 2 is 1.40 bits per heavy atom. The van der Waals surface area contributed by atoms with Crippen molar-refractivity contribution in [2.24, 2.45) is 0 Å². The van der Waals surface area contributed by atoms with E-state index in [4.69, 9.17) is 28.4 Å². The van der Waals surface area contributed by atoms with E-state index < -0.39 is 6.04 Å². The predicted molar refractivity (Wildman–Crippen MR) is 165 cm³/mol. The maximum atomic E-state index is 14.4. The molecule has 3 aromatic carbocycles. The van der Waals surface area contributed by atoms with Gasteiger partial charge >= 0.3 is 0 Å². The van der Waals surface area contributed by atoms with Crippen molar-refractivity contribution in [1.29, 1.82) is 0 Å². The predicted octanol–water partition coefficient (Wildman–Crippen LogP) is 5.34. The van der Waals surface area contributed by atoms with Crippen molar-refractivity contribution in [3.63, 3.8) is 0 Å². The fourth-order valence-electron chi connectivity index (χ4n) is 6.70. The first-order chi connectivity index (χ1) is 20.8. The highest BCUT2D eigenvalue weighted by molar-refractivity contribution is 5.89. The van der Waals surface area contributed by atoms with Crippen molar-refractivity contribution in [1.82, 2.24) is 9.80 Å². The number of hydrogen-bond acceptors (Lipinski definition) is 8. The van der Waals surface area contributed by atoms with E-state index in [9.17, 15) is 4.79 Å². The minimum absolute atomic E-state index is 0.00478. The molecule has 0 spiro atoms. The second-order valence-corrected chi connectivity index (χ2v) is 10.7. The van der Waals surface area contributed by atoms with Crippen LogP contribution in [0.5, 0.6) is 34.5 Å². The maximum absolute atomic E-state index is 14.4. The van der Waals surface area contributed by atoms with Crippen molar-refractivity contribution in [2.75, 3.05) is 49.7 Å². The number of fused-ring (bicyclic) bond motifs is 4. The number of amides is 1. The van der Waals surface area contributed by atoms with Gasteiger partial charge in [-0.1, -0.05) is 30.3 Å². The van der Waals surface area contributed by atoms with Crippen LogP contribution in [0.1, 0.15) is 39.4 Å². The zero-order chi connectivity index (χ0) is 31.0. The molecule has 1 unspecified atom stereocenters. The van der Waals surface area contributed by atoms with Crippen LogP contribution in [0.4, 0.5) is 0 Å². The Bertz CT molecular complexity index is 1570. The van der Waals surface area contributed by atoms with Gasteiger partial charge in [-0.05, 0) is 38.6 Å². The lowest BCUT2D eigenvalue weighted by Gasteiger charge is -2.50. The number of carbonyl (C=O) groups is 1. The van der Waals surface area contributed by atoms with Crippen molar-refractivity contribution in [3.05, 3.63) is 75.5 Å². The zero-order valence-corrected chi connectivity index (χ0v) is 26.4. The highest BCUT2D eigenvalue weighted by Gasteiger charge is 2.50. The molecule has 2 bridgehead atoms. The molecule has 0 aromatic heterocycles. The molecule has 0 aliphatic carbocycles. The highest BCUT2D eigenvalue weighted by Crippen LogP contribution is 2.55. The highest BCUT2D eigenvalue weighted by atomic mass is 16.5. The summed E-state index contributed by atoms with van der Waals surface area (Å²) >= 11 is 0. The number of rotatable bonds is 9. The Kier molecular flexibility index (Phi) is 8.46. The third-order valence-corrected chi connectivity index (χ3v) is 8.63. The number of nitrogens with zero attached hydrogens (tertiary/aromatic N) is 2. The van der Waals surface area contributed by atoms with Gasteiger partial charge in [0.25, 0.3) is 0 Å². The molecule has 2 atom stereocenters. The molecule has 1 saturated heterocycles. The Hall–Kier alpha value is -4.37. The van der Waals surface area contributed by atoms with Gasteiger partial charge in [0.2, 0.25) is 5.91 Å². The van der Waals surface area contributed by atoms with Crippen LogP contribution in [0.15, 0.2) is 42.1 Å². The second-order valence-electron chi connectivity index (χ2n) is 10.7. The summed E-state index contributed by atoms with van der Waals surface area (Å²) in [5.74, 6) is 3.73. The normalized spacial score (nSPS) is 18.8. The first-order valence-electron chi connectivity index (χ1n) is 14.2. The maximum Gasteiger partial charge on any atom is 0.244 e. The summed E-state index contributed by atoms with van der Waals surface area (Å²) in [6.45, 7) is 4.28. The largest absolute Gasteiger partial charge is 0.496 e. The Labute approximate surface area is 253 Å². The number of ether oxygens (including phenoxy) is 6. The average molecular weight is 589 g/mol. The molecule has 9 heteroatoms. The van der Waals surface area contributed by atoms with Crippen LogP contribution in [-0.4, -0.2) is 71.5 Å². The van der Waals surface area contributed by atoms with Crippen molar-refractivity contribution in [2.45, 2.75) is 38.9 Å². The molecule has 43 heavy (non-hydrogen) atoms. The SMILES string of the molecule is COc1cc(/C=C2\[C@H]3c4c(c(OC)c(C)c(OC)c4OC)CC(C(=O)N2Cc2ccccc2)N3C)c(OC)c(C)c1OC. The van der Waals surface area contributed by atoms with E-state index in [2.05, 4.69) is 4.90 Å². The topological polar surface area (TPSA) is 78.9 Å². The Morgan fingerprint density at radius 3 is 1.98 bits per heavy atom. The van der Waals surface area contributed by atoms with E-state index in [1.807, 2.05) is 68.3 Å². The van der Waals surface area contributed by atoms with Gasteiger partial charge in [-0.2, -0.15) is 0 Å². The van der Waals surface area contributed by atoms with E-state index in [0.717, 1.165) is 39.1 Å². The summed E-state index contributed by atoms with van der Waals surface area (Å²) < 4.78 is 35.2. The van der Waals surface area contributed by atoms with Crippen LogP contribution in [0.25, 0.3) is 6.08 Å². The first kappa shape index (κ1) is 30.1. The third-order valence-electron chi connectivity index (χ3n) is 8.63. The van der Waals surface area contributed by atoms with E-state index in [1.54, 1.807) is 42.7 Å². The fourth-order valence-corrected chi connectivity index (χ4v) is 6.70. The van der Waals surface area contributed by atoms with Gasteiger partial charge in [0, 0.05) is 39.9 Å². The van der Waals surface area contributed by atoms with Crippen molar-refractivity contribution in [3.8, 4) is 34.5 Å². The molecule has 2 aliphatic heterocycles. The lowest BCUT2D eigenvalue weighted by atomic mass is 9.80. The van der Waals surface area contributed by atoms with Crippen LogP contribution >= 0.6 is 0 Å². The van der Waals surface area contributed by atoms with Crippen LogP contribution in [0.3, 0.4) is 0 Å². The molecule has 0 saturated carbocycles. The molecular weight excluding hydrogens is 548 g/mol. The number of methoxy groups -OCH3 is 6. The molecule has 2 aliphatic rings. The number of benzene rings is 3. The number of carbonyl (C=O) groups excluding carboxylic acids is 1. The van der Waals surface area contributed by atoms with Gasteiger partial charge in [-0.25, -0.2) is 0 Å². The molecule has 5 rings (SSSR count). The Balaban J connectivity index is 1.85. The van der Waals surface area contributed by atoms with Gasteiger partial charge in [0.1, 0.15) is 11.5 Å². The molecule has 0 radical (unpaired) electrons. The standard InChI is InChI=1S/C34H40N2O7/c1-19-29(39-5)22(16-26(38-4)31(19)41-7)15-24-28-27-23(30(40-6)20(2)32(42-8)33(27)43-9)17-25(35(28)3)34(37)36(24)18-21-13-11-10-12-14-21/h10-16,25,28H,17-18H2,1-9H3/b24-15+/t25?,28-/m0/s1. The molecule has 228 valence electrons. The summed E-state index contributed by atoms with van der Waals surface area (Å²) in [5, 5.41) is 0. The summed E-state index contributed by atoms with van der Waals surface area (Å²) in [6, 6.07) is 11.1. The quantitative estimate of drug-likeness (QED) is 0.332. The van der Waals surface area contributed by atoms with Crippen LogP contribution in [-0.2, 0) is 17.8 Å². The molecule has 1 amide bonds. The molecule has 1 fully saturated rings. The zero-order valence-electron chi connectivity index (χ0n) is 26.4. The molecule has 0 N–H and O–H groups in total. The average Bonchev–Trinajstić information content (AvgIpc) is 3.01. The number of piperazine rings is 1. The molecule has 9 nitrogen and oxygen atoms in total. The molecule has 2 heterocycles. The number of likely N-dealkylation sites (N-methyl/N-ethyl adjacent to an activating group) is 1.